The van der Waals surface area contributed by atoms with Crippen LogP contribution in [0.1, 0.15) is 58.3 Å². The molecule has 0 aromatic rings. The van der Waals surface area contributed by atoms with Gasteiger partial charge in [-0.15, -0.1) is 11.6 Å². The molecule has 1 heterocycles. The van der Waals surface area contributed by atoms with Crippen molar-refractivity contribution in [2.24, 2.45) is 0 Å². The first-order valence-corrected chi connectivity index (χ1v) is 7.18. The van der Waals surface area contributed by atoms with Crippen LogP contribution < -0.4 is 0 Å². The summed E-state index contributed by atoms with van der Waals surface area (Å²) in [6.07, 6.45) is 8.62. The predicted molar refractivity (Wildman–Crippen MR) is 68.8 cm³/mol. The van der Waals surface area contributed by atoms with Gasteiger partial charge in [-0.25, -0.2) is 0 Å². The minimum absolute atomic E-state index is 0.366. The molecular weight excluding hydrogens is 222 g/mol. The van der Waals surface area contributed by atoms with Gasteiger partial charge >= 0.3 is 0 Å². The van der Waals surface area contributed by atoms with E-state index in [0.717, 1.165) is 32.2 Å². The summed E-state index contributed by atoms with van der Waals surface area (Å²) in [5, 5.41) is 0. The first-order valence-electron chi connectivity index (χ1n) is 6.65. The van der Waals surface area contributed by atoms with E-state index in [4.69, 9.17) is 11.6 Å². The minimum Gasteiger partial charge on any atom is -0.340 e. The summed E-state index contributed by atoms with van der Waals surface area (Å²) in [6.45, 7) is 3.14. The van der Waals surface area contributed by atoms with Gasteiger partial charge in [0.15, 0.2) is 0 Å². The summed E-state index contributed by atoms with van der Waals surface area (Å²) in [5.41, 5.74) is 0. The summed E-state index contributed by atoms with van der Waals surface area (Å²) in [7, 11) is 0. The number of carbonyl (C=O) groups is 1. The van der Waals surface area contributed by atoms with Crippen molar-refractivity contribution in [2.45, 2.75) is 64.3 Å². The van der Waals surface area contributed by atoms with Crippen molar-refractivity contribution in [3.05, 3.63) is 0 Å². The molecule has 1 fully saturated rings. The first kappa shape index (κ1) is 13.8. The van der Waals surface area contributed by atoms with Crippen LogP contribution in [0.25, 0.3) is 0 Å². The van der Waals surface area contributed by atoms with Crippen molar-refractivity contribution in [3.8, 4) is 0 Å². The SMILES string of the molecule is CCCCCC(=O)N1CCCC1CCCCl. The van der Waals surface area contributed by atoms with Crippen LogP contribution in [-0.2, 0) is 4.79 Å². The van der Waals surface area contributed by atoms with E-state index in [1.807, 2.05) is 0 Å². The fourth-order valence-corrected chi connectivity index (χ4v) is 2.60. The summed E-state index contributed by atoms with van der Waals surface area (Å²) >= 11 is 5.71. The van der Waals surface area contributed by atoms with Gasteiger partial charge in [-0.1, -0.05) is 19.8 Å². The van der Waals surface area contributed by atoms with E-state index in [0.29, 0.717) is 17.8 Å². The summed E-state index contributed by atoms with van der Waals surface area (Å²) in [5.74, 6) is 1.08. The van der Waals surface area contributed by atoms with Crippen molar-refractivity contribution >= 4 is 17.5 Å². The lowest BCUT2D eigenvalue weighted by Crippen LogP contribution is -2.35. The van der Waals surface area contributed by atoms with Gasteiger partial charge in [0.05, 0.1) is 0 Å². The Balaban J connectivity index is 2.29. The smallest absolute Gasteiger partial charge is 0.222 e. The number of hydrogen-bond acceptors (Lipinski definition) is 1. The Morgan fingerprint density at radius 3 is 2.88 bits per heavy atom. The second-order valence-electron chi connectivity index (χ2n) is 4.67. The van der Waals surface area contributed by atoms with Gasteiger partial charge in [-0.05, 0) is 32.1 Å². The molecule has 1 atom stereocenters. The van der Waals surface area contributed by atoms with Gasteiger partial charge in [0.1, 0.15) is 0 Å². The van der Waals surface area contributed by atoms with Gasteiger partial charge in [-0.2, -0.15) is 0 Å². The third-order valence-electron chi connectivity index (χ3n) is 3.36. The van der Waals surface area contributed by atoms with Crippen molar-refractivity contribution in [3.63, 3.8) is 0 Å². The zero-order valence-corrected chi connectivity index (χ0v) is 11.1. The molecule has 0 bridgehead atoms. The minimum atomic E-state index is 0.366. The number of nitrogens with zero attached hydrogens (tertiary/aromatic N) is 1. The number of halogens is 1. The number of hydrogen-bond donors (Lipinski definition) is 0. The second-order valence-corrected chi connectivity index (χ2v) is 5.05. The van der Waals surface area contributed by atoms with E-state index in [1.165, 1.54) is 25.7 Å². The Labute approximate surface area is 104 Å². The predicted octanol–water partition coefficient (Wildman–Crippen LogP) is 3.58. The summed E-state index contributed by atoms with van der Waals surface area (Å²) < 4.78 is 0. The lowest BCUT2D eigenvalue weighted by molar-refractivity contribution is -0.132. The molecule has 2 nitrogen and oxygen atoms in total. The molecule has 0 aromatic carbocycles. The Morgan fingerprint density at radius 2 is 2.19 bits per heavy atom. The normalized spacial score (nSPS) is 20.4. The first-order chi connectivity index (χ1) is 7.79. The van der Waals surface area contributed by atoms with Gasteiger partial charge in [0, 0.05) is 24.9 Å². The zero-order chi connectivity index (χ0) is 11.8. The maximum absolute atomic E-state index is 12.0. The van der Waals surface area contributed by atoms with E-state index in [-0.39, 0.29) is 0 Å². The average molecular weight is 246 g/mol. The fraction of sp³-hybridized carbons (Fsp3) is 0.923. The van der Waals surface area contributed by atoms with Crippen LogP contribution in [0.5, 0.6) is 0 Å². The molecule has 94 valence electrons. The van der Waals surface area contributed by atoms with Crippen LogP contribution >= 0.6 is 11.6 Å². The standard InChI is InChI=1S/C13H24ClNO/c1-2-3-4-9-13(16)15-11-6-8-12(15)7-5-10-14/h12H,2-11H2,1H3. The molecule has 1 aliphatic rings. The highest BCUT2D eigenvalue weighted by molar-refractivity contribution is 6.17. The molecule has 0 spiro atoms. The van der Waals surface area contributed by atoms with Crippen molar-refractivity contribution < 1.29 is 4.79 Å². The molecule has 0 aromatic heterocycles. The highest BCUT2D eigenvalue weighted by Crippen LogP contribution is 2.22. The van der Waals surface area contributed by atoms with E-state index in [2.05, 4.69) is 11.8 Å². The topological polar surface area (TPSA) is 20.3 Å². The van der Waals surface area contributed by atoms with Gasteiger partial charge in [-0.3, -0.25) is 4.79 Å². The van der Waals surface area contributed by atoms with Crippen LogP contribution in [0, 0.1) is 0 Å². The van der Waals surface area contributed by atoms with Crippen LogP contribution in [0.2, 0.25) is 0 Å². The van der Waals surface area contributed by atoms with E-state index in [1.54, 1.807) is 0 Å². The van der Waals surface area contributed by atoms with Crippen molar-refractivity contribution in [2.75, 3.05) is 12.4 Å². The molecule has 1 rings (SSSR count). The highest BCUT2D eigenvalue weighted by atomic mass is 35.5. The van der Waals surface area contributed by atoms with Gasteiger partial charge in [0.25, 0.3) is 0 Å². The highest BCUT2D eigenvalue weighted by Gasteiger charge is 2.27. The number of carbonyl (C=O) groups excluding carboxylic acids is 1. The third kappa shape index (κ3) is 4.32. The van der Waals surface area contributed by atoms with Gasteiger partial charge < -0.3 is 4.90 Å². The molecule has 1 unspecified atom stereocenters. The monoisotopic (exact) mass is 245 g/mol. The Hall–Kier alpha value is -0.240. The molecule has 1 saturated heterocycles. The maximum atomic E-state index is 12.0. The lowest BCUT2D eigenvalue weighted by Gasteiger charge is -2.24. The lowest BCUT2D eigenvalue weighted by atomic mass is 10.1. The molecule has 0 N–H and O–H groups in total. The molecule has 1 aliphatic heterocycles. The zero-order valence-electron chi connectivity index (χ0n) is 10.4. The Morgan fingerprint density at radius 1 is 1.38 bits per heavy atom. The average Bonchev–Trinajstić information content (AvgIpc) is 2.74. The Bertz CT molecular complexity index is 208. The summed E-state index contributed by atoms with van der Waals surface area (Å²) in [4.78, 5) is 14.1. The molecule has 0 saturated carbocycles. The van der Waals surface area contributed by atoms with E-state index in [9.17, 15) is 4.79 Å². The number of rotatable bonds is 7. The van der Waals surface area contributed by atoms with Crippen LogP contribution in [0.3, 0.4) is 0 Å². The Kier molecular flexibility index (Phi) is 6.86. The number of unbranched alkanes of at least 4 members (excludes halogenated alkanes) is 2. The maximum Gasteiger partial charge on any atom is 0.222 e. The second kappa shape index (κ2) is 7.94. The molecule has 0 aliphatic carbocycles. The molecular formula is C13H24ClNO. The number of amides is 1. The quantitative estimate of drug-likeness (QED) is 0.496. The molecule has 3 heteroatoms. The van der Waals surface area contributed by atoms with Crippen LogP contribution in [-0.4, -0.2) is 29.3 Å². The van der Waals surface area contributed by atoms with Crippen molar-refractivity contribution in [1.29, 1.82) is 0 Å². The summed E-state index contributed by atoms with van der Waals surface area (Å²) in [6, 6.07) is 0.480. The van der Waals surface area contributed by atoms with Crippen LogP contribution in [0.15, 0.2) is 0 Å². The number of alkyl halides is 1. The van der Waals surface area contributed by atoms with E-state index < -0.39 is 0 Å². The molecule has 16 heavy (non-hydrogen) atoms. The number of likely N-dealkylation sites (tertiary alicyclic amines) is 1. The van der Waals surface area contributed by atoms with E-state index >= 15 is 0 Å². The fourth-order valence-electron chi connectivity index (χ4n) is 2.45. The van der Waals surface area contributed by atoms with Gasteiger partial charge in [0.2, 0.25) is 5.91 Å². The van der Waals surface area contributed by atoms with Crippen LogP contribution in [0.4, 0.5) is 0 Å². The van der Waals surface area contributed by atoms with Crippen molar-refractivity contribution in [1.82, 2.24) is 4.90 Å². The molecule has 1 amide bonds. The molecule has 0 radical (unpaired) electrons. The third-order valence-corrected chi connectivity index (χ3v) is 3.63. The largest absolute Gasteiger partial charge is 0.340 e.